The van der Waals surface area contributed by atoms with Gasteiger partial charge in [0.2, 0.25) is 0 Å². The van der Waals surface area contributed by atoms with Crippen LogP contribution in [0.25, 0.3) is 0 Å². The summed E-state index contributed by atoms with van der Waals surface area (Å²) in [5.41, 5.74) is 0. The molecule has 0 aromatic rings. The van der Waals surface area contributed by atoms with Gasteiger partial charge in [-0.3, -0.25) is 0 Å². The summed E-state index contributed by atoms with van der Waals surface area (Å²) in [5.74, 6) is 0. The Hall–Kier alpha value is 0.730. The molecule has 0 heterocycles. The molecule has 0 aliphatic heterocycles. The largest absolute Gasteiger partial charge is 0.0901 e. The first kappa shape index (κ1) is 11.5. The van der Waals surface area contributed by atoms with Crippen LogP contribution in [0.1, 0.15) is 39.5 Å². The van der Waals surface area contributed by atoms with Crippen molar-refractivity contribution in [2.24, 2.45) is 0 Å². The maximum atomic E-state index is 2.23. The Morgan fingerprint density at radius 2 is 1.12 bits per heavy atom. The van der Waals surface area contributed by atoms with Gasteiger partial charge in [-0.05, 0) is 4.93 Å². The topological polar surface area (TPSA) is 0 Å². The van der Waals surface area contributed by atoms with Crippen molar-refractivity contribution in [2.45, 2.75) is 39.5 Å². The second-order valence-electron chi connectivity index (χ2n) is 1.71. The van der Waals surface area contributed by atoms with Crippen LogP contribution in [-0.2, 0) is 0 Å². The van der Waals surface area contributed by atoms with Crippen LogP contribution in [0.3, 0.4) is 0 Å². The zero-order valence-electron chi connectivity index (χ0n) is 6.21. The summed E-state index contributed by atoms with van der Waals surface area (Å²) in [7, 11) is 0. The lowest BCUT2D eigenvalue weighted by Crippen LogP contribution is -1.66. The first-order valence-electron chi connectivity index (χ1n) is 3.29. The lowest BCUT2D eigenvalue weighted by Gasteiger charge is -1.86. The fraction of sp³-hybridized carbons (Fsp3) is 1.00. The highest BCUT2D eigenvalue weighted by Crippen LogP contribution is 1.95. The quantitative estimate of drug-likeness (QED) is 0.393. The zero-order chi connectivity index (χ0) is 6.83. The van der Waals surface area contributed by atoms with E-state index in [9.17, 15) is 0 Å². The standard InChI is InChI=1S/C6H14.CH3I/c1-3-5-6-4-2;1-2/h3-6H2,1-2H3;1H3. The molecule has 0 atom stereocenters. The van der Waals surface area contributed by atoms with E-state index in [2.05, 4.69) is 36.4 Å². The van der Waals surface area contributed by atoms with Gasteiger partial charge in [-0.15, -0.1) is 0 Å². The van der Waals surface area contributed by atoms with E-state index in [1.807, 2.05) is 4.93 Å². The van der Waals surface area contributed by atoms with Gasteiger partial charge < -0.3 is 0 Å². The number of alkyl halides is 1. The second kappa shape index (κ2) is 15.6. The van der Waals surface area contributed by atoms with E-state index in [-0.39, 0.29) is 0 Å². The Labute approximate surface area is 67.2 Å². The van der Waals surface area contributed by atoms with Crippen LogP contribution < -0.4 is 0 Å². The second-order valence-corrected chi connectivity index (χ2v) is 1.71. The van der Waals surface area contributed by atoms with Crippen LogP contribution in [0, 0.1) is 0 Å². The molecular weight excluding hydrogens is 211 g/mol. The van der Waals surface area contributed by atoms with E-state index in [1.165, 1.54) is 25.7 Å². The Morgan fingerprint density at radius 1 is 0.875 bits per heavy atom. The Kier molecular flexibility index (Phi) is 22.5. The van der Waals surface area contributed by atoms with E-state index >= 15 is 0 Å². The average Bonchev–Trinajstić information content (AvgIpc) is 1.88. The summed E-state index contributed by atoms with van der Waals surface area (Å²) < 4.78 is 0. The minimum Gasteiger partial charge on any atom is -0.0901 e. The molecule has 1 heteroatoms. The summed E-state index contributed by atoms with van der Waals surface area (Å²) in [4.78, 5) is 1.97. The van der Waals surface area contributed by atoms with Crippen molar-refractivity contribution < 1.29 is 0 Å². The molecule has 0 rings (SSSR count). The summed E-state index contributed by atoms with van der Waals surface area (Å²) in [6, 6.07) is 0. The van der Waals surface area contributed by atoms with Gasteiger partial charge in [0.25, 0.3) is 0 Å². The fourth-order valence-corrected chi connectivity index (χ4v) is 0.500. The summed E-state index contributed by atoms with van der Waals surface area (Å²) in [6.07, 6.45) is 5.54. The van der Waals surface area contributed by atoms with Gasteiger partial charge in [0.05, 0.1) is 0 Å². The molecule has 8 heavy (non-hydrogen) atoms. The van der Waals surface area contributed by atoms with Gasteiger partial charge >= 0.3 is 0 Å². The monoisotopic (exact) mass is 228 g/mol. The maximum absolute atomic E-state index is 2.23. The first-order valence-corrected chi connectivity index (χ1v) is 5.45. The number of hydrogen-bond donors (Lipinski definition) is 0. The molecule has 0 aliphatic rings. The number of hydrogen-bond acceptors (Lipinski definition) is 0. The molecule has 0 amide bonds. The van der Waals surface area contributed by atoms with Crippen LogP contribution in [-0.4, -0.2) is 4.93 Å². The van der Waals surface area contributed by atoms with Gasteiger partial charge in [0.1, 0.15) is 0 Å². The van der Waals surface area contributed by atoms with Crippen molar-refractivity contribution in [1.29, 1.82) is 0 Å². The fourth-order valence-electron chi connectivity index (χ4n) is 0.500. The third kappa shape index (κ3) is 15.9. The number of halogens is 1. The molecule has 0 saturated carbocycles. The van der Waals surface area contributed by atoms with Gasteiger partial charge in [-0.25, -0.2) is 0 Å². The molecular formula is C7H17I. The van der Waals surface area contributed by atoms with Crippen molar-refractivity contribution in [1.82, 2.24) is 0 Å². The molecule has 52 valence electrons. The predicted octanol–water partition coefficient (Wildman–Crippen LogP) is 3.64. The van der Waals surface area contributed by atoms with E-state index in [1.54, 1.807) is 0 Å². The molecule has 0 fully saturated rings. The molecule has 0 saturated heterocycles. The molecule has 0 unspecified atom stereocenters. The third-order valence-corrected chi connectivity index (χ3v) is 0.957. The molecule has 0 aromatic heterocycles. The zero-order valence-corrected chi connectivity index (χ0v) is 8.36. The highest BCUT2D eigenvalue weighted by molar-refractivity contribution is 14.1. The van der Waals surface area contributed by atoms with Crippen LogP contribution in [0.15, 0.2) is 0 Å². The van der Waals surface area contributed by atoms with Crippen LogP contribution in [0.5, 0.6) is 0 Å². The van der Waals surface area contributed by atoms with Crippen molar-refractivity contribution >= 4 is 22.6 Å². The summed E-state index contributed by atoms with van der Waals surface area (Å²) in [6.45, 7) is 4.46. The lowest BCUT2D eigenvalue weighted by molar-refractivity contribution is 0.702. The van der Waals surface area contributed by atoms with Crippen LogP contribution in [0.4, 0.5) is 0 Å². The smallest absolute Gasteiger partial charge is 0.0121 e. The minimum atomic E-state index is 1.36. The average molecular weight is 228 g/mol. The molecule has 0 bridgehead atoms. The Balaban J connectivity index is 0. The highest BCUT2D eigenvalue weighted by Gasteiger charge is 1.75. The van der Waals surface area contributed by atoms with Crippen molar-refractivity contribution in [3.63, 3.8) is 0 Å². The van der Waals surface area contributed by atoms with Gasteiger partial charge in [0, 0.05) is 0 Å². The van der Waals surface area contributed by atoms with Crippen molar-refractivity contribution in [3.05, 3.63) is 0 Å². The molecule has 0 N–H and O–H groups in total. The van der Waals surface area contributed by atoms with Gasteiger partial charge in [-0.2, -0.15) is 0 Å². The van der Waals surface area contributed by atoms with E-state index in [0.717, 1.165) is 0 Å². The van der Waals surface area contributed by atoms with E-state index < -0.39 is 0 Å². The van der Waals surface area contributed by atoms with Gasteiger partial charge in [0.15, 0.2) is 0 Å². The summed E-state index contributed by atoms with van der Waals surface area (Å²) in [5, 5.41) is 0. The number of rotatable bonds is 3. The first-order chi connectivity index (χ1) is 3.91. The van der Waals surface area contributed by atoms with Crippen molar-refractivity contribution in [2.75, 3.05) is 4.93 Å². The SMILES string of the molecule is CCCCCC.CI. The van der Waals surface area contributed by atoms with E-state index in [0.29, 0.717) is 0 Å². The van der Waals surface area contributed by atoms with Crippen molar-refractivity contribution in [3.8, 4) is 0 Å². The normalized spacial score (nSPS) is 7.50. The predicted molar refractivity (Wildman–Crippen MR) is 49.8 cm³/mol. The molecule has 0 spiro atoms. The molecule has 0 aromatic carbocycles. The van der Waals surface area contributed by atoms with Crippen LogP contribution >= 0.6 is 22.6 Å². The van der Waals surface area contributed by atoms with E-state index in [4.69, 9.17) is 0 Å². The Bertz CT molecular complexity index is 16.3. The molecule has 0 aliphatic carbocycles. The van der Waals surface area contributed by atoms with Gasteiger partial charge in [-0.1, -0.05) is 62.1 Å². The maximum Gasteiger partial charge on any atom is -0.0121 e. The summed E-state index contributed by atoms with van der Waals surface area (Å²) >= 11 is 2.15. The minimum absolute atomic E-state index is 1.36. The van der Waals surface area contributed by atoms with Crippen LogP contribution in [0.2, 0.25) is 0 Å². The molecule has 0 radical (unpaired) electrons. The third-order valence-electron chi connectivity index (χ3n) is 0.957. The lowest BCUT2D eigenvalue weighted by atomic mass is 10.2. The Morgan fingerprint density at radius 3 is 1.25 bits per heavy atom. The molecule has 0 nitrogen and oxygen atoms in total. The number of unbranched alkanes of at least 4 members (excludes halogenated alkanes) is 3. The highest BCUT2D eigenvalue weighted by atomic mass is 127.